The third kappa shape index (κ3) is 5.22. The molecule has 0 atom stereocenters. The van der Waals surface area contributed by atoms with Crippen LogP contribution in [0.1, 0.15) is 48.9 Å². The summed E-state index contributed by atoms with van der Waals surface area (Å²) in [4.78, 5) is 29.9. The van der Waals surface area contributed by atoms with Crippen molar-refractivity contribution in [2.75, 3.05) is 18.5 Å². The van der Waals surface area contributed by atoms with Crippen molar-refractivity contribution in [1.29, 1.82) is 0 Å². The van der Waals surface area contributed by atoms with Crippen molar-refractivity contribution in [3.8, 4) is 0 Å². The molecule has 0 saturated heterocycles. The highest BCUT2D eigenvalue weighted by molar-refractivity contribution is 6.12. The first-order chi connectivity index (χ1) is 16.8. The van der Waals surface area contributed by atoms with E-state index in [4.69, 9.17) is 5.11 Å². The van der Waals surface area contributed by atoms with E-state index in [1.165, 1.54) is 0 Å². The van der Waals surface area contributed by atoms with Crippen LogP contribution in [0.2, 0.25) is 0 Å². The molecule has 0 unspecified atom stereocenters. The van der Waals surface area contributed by atoms with Crippen molar-refractivity contribution in [2.24, 2.45) is 0 Å². The molecule has 0 saturated carbocycles. The summed E-state index contributed by atoms with van der Waals surface area (Å²) in [6, 6.07) is 14.9. The number of amides is 2. The summed E-state index contributed by atoms with van der Waals surface area (Å²) >= 11 is 0. The monoisotopic (exact) mass is 471 g/mol. The van der Waals surface area contributed by atoms with Gasteiger partial charge in [0.05, 0.1) is 41.3 Å². The van der Waals surface area contributed by atoms with Crippen LogP contribution >= 0.6 is 0 Å². The Bertz CT molecular complexity index is 1410. The molecule has 0 aliphatic heterocycles. The van der Waals surface area contributed by atoms with Gasteiger partial charge in [-0.1, -0.05) is 23.8 Å². The first-order valence-electron chi connectivity index (χ1n) is 11.5. The number of aryl methyl sites for hydroxylation is 3. The molecule has 4 aromatic rings. The Morgan fingerprint density at radius 3 is 2.43 bits per heavy atom. The topological polar surface area (TPSA) is 109 Å². The second-order valence-electron chi connectivity index (χ2n) is 8.67. The van der Waals surface area contributed by atoms with Crippen molar-refractivity contribution < 1.29 is 14.7 Å². The van der Waals surface area contributed by atoms with Crippen LogP contribution in [0.15, 0.2) is 48.5 Å². The molecule has 3 N–H and O–H groups in total. The van der Waals surface area contributed by atoms with Gasteiger partial charge in [-0.05, 0) is 63.6 Å². The minimum Gasteiger partial charge on any atom is -0.395 e. The van der Waals surface area contributed by atoms with Crippen LogP contribution < -0.4 is 10.6 Å². The quantitative estimate of drug-likeness (QED) is 0.381. The molecule has 8 nitrogen and oxygen atoms in total. The number of hydrogen-bond donors (Lipinski definition) is 3. The van der Waals surface area contributed by atoms with E-state index in [1.54, 1.807) is 12.1 Å². The molecule has 0 radical (unpaired) electrons. The number of nitrogens with one attached hydrogen (secondary N) is 2. The Labute approximate surface area is 204 Å². The molecule has 2 amide bonds. The van der Waals surface area contributed by atoms with Gasteiger partial charge in [0.25, 0.3) is 11.8 Å². The smallest absolute Gasteiger partial charge is 0.256 e. The number of rotatable bonds is 7. The highest BCUT2D eigenvalue weighted by Crippen LogP contribution is 2.25. The third-order valence-electron chi connectivity index (χ3n) is 5.90. The molecule has 0 fully saturated rings. The second-order valence-corrected chi connectivity index (χ2v) is 8.67. The number of anilines is 1. The van der Waals surface area contributed by atoms with Gasteiger partial charge in [-0.2, -0.15) is 5.10 Å². The van der Waals surface area contributed by atoms with Crippen LogP contribution in [0, 0.1) is 27.7 Å². The van der Waals surface area contributed by atoms with E-state index in [1.807, 2.05) is 68.8 Å². The lowest BCUT2D eigenvalue weighted by atomic mass is 10.0. The van der Waals surface area contributed by atoms with Crippen molar-refractivity contribution in [3.05, 3.63) is 87.9 Å². The number of carbonyl (C=O) groups excluding carboxylic acids is 2. The van der Waals surface area contributed by atoms with Gasteiger partial charge in [-0.15, -0.1) is 0 Å². The molecule has 180 valence electrons. The van der Waals surface area contributed by atoms with Gasteiger partial charge in [0.1, 0.15) is 0 Å². The average Bonchev–Trinajstić information content (AvgIpc) is 3.09. The van der Waals surface area contributed by atoms with E-state index in [-0.39, 0.29) is 25.0 Å². The van der Waals surface area contributed by atoms with E-state index >= 15 is 0 Å². The Morgan fingerprint density at radius 2 is 1.71 bits per heavy atom. The van der Waals surface area contributed by atoms with E-state index < -0.39 is 0 Å². The predicted molar refractivity (Wildman–Crippen MR) is 136 cm³/mol. The summed E-state index contributed by atoms with van der Waals surface area (Å²) < 4.78 is 1.84. The highest BCUT2D eigenvalue weighted by atomic mass is 16.3. The van der Waals surface area contributed by atoms with Crippen LogP contribution in [-0.4, -0.2) is 44.8 Å². The molecule has 35 heavy (non-hydrogen) atoms. The van der Waals surface area contributed by atoms with Crippen molar-refractivity contribution in [1.82, 2.24) is 20.1 Å². The van der Waals surface area contributed by atoms with E-state index in [0.29, 0.717) is 23.4 Å². The van der Waals surface area contributed by atoms with E-state index in [0.717, 1.165) is 39.1 Å². The van der Waals surface area contributed by atoms with Gasteiger partial charge >= 0.3 is 0 Å². The van der Waals surface area contributed by atoms with Gasteiger partial charge in [-0.3, -0.25) is 19.3 Å². The van der Waals surface area contributed by atoms with Crippen molar-refractivity contribution in [3.63, 3.8) is 0 Å². The summed E-state index contributed by atoms with van der Waals surface area (Å²) in [5, 5.41) is 20.0. The van der Waals surface area contributed by atoms with E-state index in [2.05, 4.69) is 20.7 Å². The summed E-state index contributed by atoms with van der Waals surface area (Å²) in [7, 11) is 0. The Hall–Kier alpha value is -4.04. The van der Waals surface area contributed by atoms with E-state index in [9.17, 15) is 9.59 Å². The minimum atomic E-state index is -0.226. The zero-order chi connectivity index (χ0) is 25.1. The molecule has 4 rings (SSSR count). The molecule has 2 aromatic heterocycles. The zero-order valence-electron chi connectivity index (χ0n) is 20.3. The molecule has 0 bridgehead atoms. The average molecular weight is 472 g/mol. The number of carbonyl (C=O) groups is 2. The SMILES string of the molecule is Cc1ccc2nc(C)cc(C(=O)Nc3c(C)nn(Cc4ccc(C(=O)NCCO)cc4)c3C)c2c1. The lowest BCUT2D eigenvalue weighted by Gasteiger charge is -2.11. The molecule has 0 spiro atoms. The maximum absolute atomic E-state index is 13.3. The second kappa shape index (κ2) is 10.1. The number of aliphatic hydroxyl groups excluding tert-OH is 1. The van der Waals surface area contributed by atoms with Crippen molar-refractivity contribution in [2.45, 2.75) is 34.2 Å². The summed E-state index contributed by atoms with van der Waals surface area (Å²) in [6.45, 7) is 8.28. The predicted octanol–water partition coefficient (Wildman–Crippen LogP) is 3.69. The lowest BCUT2D eigenvalue weighted by molar-refractivity contribution is 0.0944. The molecule has 8 heteroatoms. The summed E-state index contributed by atoms with van der Waals surface area (Å²) in [5.74, 6) is -0.425. The Morgan fingerprint density at radius 1 is 0.971 bits per heavy atom. The molecule has 0 aliphatic rings. The summed E-state index contributed by atoms with van der Waals surface area (Å²) in [5.41, 5.74) is 6.96. The van der Waals surface area contributed by atoms with Gasteiger partial charge in [0.15, 0.2) is 0 Å². The third-order valence-corrected chi connectivity index (χ3v) is 5.90. The van der Waals surface area contributed by atoms with Gasteiger partial charge in [0.2, 0.25) is 0 Å². The van der Waals surface area contributed by atoms with Crippen LogP contribution in [0.4, 0.5) is 5.69 Å². The molecule has 0 aliphatic carbocycles. The number of hydrogen-bond acceptors (Lipinski definition) is 5. The molecule has 2 heterocycles. The molecule has 2 aromatic carbocycles. The molecular weight excluding hydrogens is 442 g/mol. The fourth-order valence-electron chi connectivity index (χ4n) is 4.08. The Balaban J connectivity index is 1.55. The van der Waals surface area contributed by atoms with Gasteiger partial charge in [-0.25, -0.2) is 0 Å². The standard InChI is InChI=1S/C27H29N5O3/c1-16-5-10-24-22(13-16)23(14-17(2)29-24)27(35)30-25-18(3)31-32(19(25)4)15-20-6-8-21(9-7-20)26(34)28-11-12-33/h5-10,13-14,33H,11-12,15H2,1-4H3,(H,28,34)(H,30,35). The zero-order valence-corrected chi connectivity index (χ0v) is 20.3. The van der Waals surface area contributed by atoms with Crippen LogP contribution in [0.5, 0.6) is 0 Å². The largest absolute Gasteiger partial charge is 0.395 e. The fraction of sp³-hybridized carbons (Fsp3) is 0.259. The van der Waals surface area contributed by atoms with Crippen LogP contribution in [-0.2, 0) is 6.54 Å². The lowest BCUT2D eigenvalue weighted by Crippen LogP contribution is -2.26. The van der Waals surface area contributed by atoms with Gasteiger partial charge in [0, 0.05) is 23.2 Å². The number of fused-ring (bicyclic) bond motifs is 1. The number of pyridine rings is 1. The maximum atomic E-state index is 13.3. The summed E-state index contributed by atoms with van der Waals surface area (Å²) in [6.07, 6.45) is 0. The number of aromatic nitrogens is 3. The maximum Gasteiger partial charge on any atom is 0.256 e. The van der Waals surface area contributed by atoms with Gasteiger partial charge < -0.3 is 15.7 Å². The fourth-order valence-corrected chi connectivity index (χ4v) is 4.08. The number of benzene rings is 2. The Kier molecular flexibility index (Phi) is 6.93. The first kappa shape index (κ1) is 24.1. The highest BCUT2D eigenvalue weighted by Gasteiger charge is 2.18. The number of aliphatic hydroxyl groups is 1. The molecular formula is C27H29N5O3. The number of nitrogens with zero attached hydrogens (tertiary/aromatic N) is 3. The van der Waals surface area contributed by atoms with Crippen LogP contribution in [0.25, 0.3) is 10.9 Å². The normalized spacial score (nSPS) is 11.0. The van der Waals surface area contributed by atoms with Crippen LogP contribution in [0.3, 0.4) is 0 Å². The minimum absolute atomic E-state index is 0.0999. The first-order valence-corrected chi connectivity index (χ1v) is 11.5. The van der Waals surface area contributed by atoms with Crippen molar-refractivity contribution >= 4 is 28.4 Å².